The van der Waals surface area contributed by atoms with E-state index in [0.717, 1.165) is 5.69 Å². The van der Waals surface area contributed by atoms with Gasteiger partial charge in [0.1, 0.15) is 12.4 Å². The van der Waals surface area contributed by atoms with Gasteiger partial charge in [-0.1, -0.05) is 29.8 Å². The molecular formula is C19H17ClF3N3O. The minimum absolute atomic E-state index is 0.316. The number of ether oxygens (including phenoxy) is 1. The quantitative estimate of drug-likeness (QED) is 0.628. The lowest BCUT2D eigenvalue weighted by atomic mass is 10.0. The molecule has 0 fully saturated rings. The maximum Gasteiger partial charge on any atom is 0.411 e. The van der Waals surface area contributed by atoms with E-state index in [0.29, 0.717) is 27.7 Å². The van der Waals surface area contributed by atoms with Crippen LogP contribution < -0.4 is 5.73 Å². The third kappa shape index (κ3) is 4.81. The van der Waals surface area contributed by atoms with Crippen molar-refractivity contribution in [3.8, 4) is 16.9 Å². The van der Waals surface area contributed by atoms with Crippen LogP contribution >= 0.6 is 11.6 Å². The Morgan fingerprint density at radius 1 is 1.15 bits per heavy atom. The Labute approximate surface area is 159 Å². The summed E-state index contributed by atoms with van der Waals surface area (Å²) in [6.45, 7) is 0.217. The van der Waals surface area contributed by atoms with Crippen molar-refractivity contribution in [1.82, 2.24) is 9.78 Å². The predicted octanol–water partition coefficient (Wildman–Crippen LogP) is 5.41. The second-order valence-corrected chi connectivity index (χ2v) is 6.48. The van der Waals surface area contributed by atoms with Crippen molar-refractivity contribution in [1.29, 1.82) is 0 Å². The van der Waals surface area contributed by atoms with Gasteiger partial charge in [-0.25, -0.2) is 4.68 Å². The number of para-hydroxylation sites is 1. The van der Waals surface area contributed by atoms with Gasteiger partial charge in [0.05, 0.1) is 17.5 Å². The van der Waals surface area contributed by atoms with Gasteiger partial charge >= 0.3 is 6.18 Å². The summed E-state index contributed by atoms with van der Waals surface area (Å²) in [6, 6.07) is 16.1. The van der Waals surface area contributed by atoms with Gasteiger partial charge in [0, 0.05) is 16.7 Å². The summed E-state index contributed by atoms with van der Waals surface area (Å²) in [5.74, 6) is 0.316. The van der Waals surface area contributed by atoms with Gasteiger partial charge in [-0.3, -0.25) is 0 Å². The number of hydrogen-bond donors (Lipinski definition) is 1. The predicted molar refractivity (Wildman–Crippen MR) is 98.8 cm³/mol. The number of nitrogens with two attached hydrogens (primary N) is 1. The molecule has 0 aliphatic rings. The van der Waals surface area contributed by atoms with Crippen LogP contribution in [0.4, 0.5) is 19.0 Å². The Morgan fingerprint density at radius 3 is 2.52 bits per heavy atom. The van der Waals surface area contributed by atoms with Crippen molar-refractivity contribution >= 4 is 17.4 Å². The van der Waals surface area contributed by atoms with E-state index >= 15 is 0 Å². The Kier molecular flexibility index (Phi) is 5.43. The summed E-state index contributed by atoms with van der Waals surface area (Å²) in [7, 11) is 0. The fourth-order valence-corrected chi connectivity index (χ4v) is 2.93. The van der Waals surface area contributed by atoms with Gasteiger partial charge in [-0.05, 0) is 42.8 Å². The molecule has 4 nitrogen and oxygen atoms in total. The highest BCUT2D eigenvalue weighted by Gasteiger charge is 2.29. The molecule has 0 aliphatic heterocycles. The zero-order valence-corrected chi connectivity index (χ0v) is 15.1. The van der Waals surface area contributed by atoms with Crippen molar-refractivity contribution in [3.05, 3.63) is 65.2 Å². The highest BCUT2D eigenvalue weighted by atomic mass is 35.5. The molecule has 2 N–H and O–H groups in total. The molecule has 3 rings (SSSR count). The summed E-state index contributed by atoms with van der Waals surface area (Å²) in [5, 5.41) is 4.68. The SMILES string of the molecule is CC(OCC(F)(F)F)c1cc(Cl)cc(-c2cc(N)nn2-c2ccccc2)c1. The van der Waals surface area contributed by atoms with Gasteiger partial charge in [-0.2, -0.15) is 18.3 Å². The Hall–Kier alpha value is -2.51. The van der Waals surface area contributed by atoms with E-state index in [-0.39, 0.29) is 0 Å². The lowest BCUT2D eigenvalue weighted by Gasteiger charge is -2.17. The average Bonchev–Trinajstić information content (AvgIpc) is 3.01. The number of benzene rings is 2. The number of halogens is 4. The minimum atomic E-state index is -4.39. The molecule has 0 radical (unpaired) electrons. The molecular weight excluding hydrogens is 379 g/mol. The summed E-state index contributed by atoms with van der Waals surface area (Å²) < 4.78 is 43.9. The van der Waals surface area contributed by atoms with E-state index in [2.05, 4.69) is 5.10 Å². The summed E-state index contributed by atoms with van der Waals surface area (Å²) in [5.41, 5.74) is 8.54. The topological polar surface area (TPSA) is 53.1 Å². The molecule has 0 saturated carbocycles. The zero-order valence-electron chi connectivity index (χ0n) is 14.4. The van der Waals surface area contributed by atoms with E-state index in [4.69, 9.17) is 22.1 Å². The van der Waals surface area contributed by atoms with Crippen LogP contribution in [-0.4, -0.2) is 22.6 Å². The number of alkyl halides is 3. The highest BCUT2D eigenvalue weighted by Crippen LogP contribution is 2.32. The molecule has 27 heavy (non-hydrogen) atoms. The molecule has 1 atom stereocenters. The normalized spacial score (nSPS) is 12.9. The monoisotopic (exact) mass is 395 g/mol. The van der Waals surface area contributed by atoms with Crippen LogP contribution in [0.25, 0.3) is 16.9 Å². The van der Waals surface area contributed by atoms with Gasteiger partial charge in [0.25, 0.3) is 0 Å². The first-order chi connectivity index (χ1) is 12.7. The average molecular weight is 396 g/mol. The molecule has 0 amide bonds. The molecule has 0 bridgehead atoms. The van der Waals surface area contributed by atoms with Crippen LogP contribution in [0.2, 0.25) is 5.02 Å². The van der Waals surface area contributed by atoms with Crippen molar-refractivity contribution in [2.45, 2.75) is 19.2 Å². The lowest BCUT2D eigenvalue weighted by Crippen LogP contribution is -2.18. The van der Waals surface area contributed by atoms with Crippen molar-refractivity contribution < 1.29 is 17.9 Å². The smallest absolute Gasteiger partial charge is 0.382 e. The van der Waals surface area contributed by atoms with E-state index in [9.17, 15) is 13.2 Å². The maximum absolute atomic E-state index is 12.4. The second kappa shape index (κ2) is 7.62. The van der Waals surface area contributed by atoms with Gasteiger partial charge in [0.2, 0.25) is 0 Å². The standard InChI is InChI=1S/C19H17ClF3N3O/c1-12(27-11-19(21,22)23)13-7-14(9-15(20)8-13)17-10-18(24)25-26(17)16-5-3-2-4-6-16/h2-10,12H,11H2,1H3,(H2,24,25). The first-order valence-corrected chi connectivity index (χ1v) is 8.51. The third-order valence-corrected chi connectivity index (χ3v) is 4.13. The lowest BCUT2D eigenvalue weighted by molar-refractivity contribution is -0.184. The number of nitrogens with zero attached hydrogens (tertiary/aromatic N) is 2. The first kappa shape index (κ1) is 19.3. The Morgan fingerprint density at radius 2 is 1.85 bits per heavy atom. The van der Waals surface area contributed by atoms with Crippen molar-refractivity contribution in [2.75, 3.05) is 12.3 Å². The summed E-state index contributed by atoms with van der Waals surface area (Å²) >= 11 is 6.20. The van der Waals surface area contributed by atoms with Crippen LogP contribution in [0.1, 0.15) is 18.6 Å². The van der Waals surface area contributed by atoms with Crippen molar-refractivity contribution in [2.24, 2.45) is 0 Å². The molecule has 3 aromatic rings. The van der Waals surface area contributed by atoms with E-state index in [1.54, 1.807) is 35.9 Å². The number of hydrogen-bond acceptors (Lipinski definition) is 3. The van der Waals surface area contributed by atoms with Crippen molar-refractivity contribution in [3.63, 3.8) is 0 Å². The number of anilines is 1. The molecule has 1 aromatic heterocycles. The van der Waals surface area contributed by atoms with Crippen LogP contribution in [0.15, 0.2) is 54.6 Å². The van der Waals surface area contributed by atoms with Gasteiger partial charge in [0.15, 0.2) is 0 Å². The van der Waals surface area contributed by atoms with Crippen LogP contribution in [0.3, 0.4) is 0 Å². The fourth-order valence-electron chi connectivity index (χ4n) is 2.68. The molecule has 0 saturated heterocycles. The third-order valence-electron chi connectivity index (χ3n) is 3.91. The minimum Gasteiger partial charge on any atom is -0.382 e. The van der Waals surface area contributed by atoms with E-state index < -0.39 is 18.9 Å². The summed E-state index contributed by atoms with van der Waals surface area (Å²) in [4.78, 5) is 0. The zero-order chi connectivity index (χ0) is 19.6. The molecule has 1 heterocycles. The van der Waals surface area contributed by atoms with E-state index in [1.165, 1.54) is 0 Å². The van der Waals surface area contributed by atoms with Crippen LogP contribution in [-0.2, 0) is 4.74 Å². The molecule has 142 valence electrons. The van der Waals surface area contributed by atoms with Crippen LogP contribution in [0, 0.1) is 0 Å². The van der Waals surface area contributed by atoms with E-state index in [1.807, 2.05) is 30.3 Å². The number of aromatic nitrogens is 2. The largest absolute Gasteiger partial charge is 0.411 e. The number of nitrogen functional groups attached to an aromatic ring is 1. The first-order valence-electron chi connectivity index (χ1n) is 8.13. The van der Waals surface area contributed by atoms with Crippen LogP contribution in [0.5, 0.6) is 0 Å². The molecule has 8 heteroatoms. The molecule has 2 aromatic carbocycles. The Balaban J connectivity index is 1.98. The number of rotatable bonds is 5. The Bertz CT molecular complexity index is 926. The molecule has 0 spiro atoms. The highest BCUT2D eigenvalue weighted by molar-refractivity contribution is 6.31. The second-order valence-electron chi connectivity index (χ2n) is 6.04. The summed E-state index contributed by atoms with van der Waals surface area (Å²) in [6.07, 6.45) is -5.18. The molecule has 1 unspecified atom stereocenters. The van der Waals surface area contributed by atoms with Gasteiger partial charge in [-0.15, -0.1) is 0 Å². The fraction of sp³-hybridized carbons (Fsp3) is 0.211. The maximum atomic E-state index is 12.4. The van der Waals surface area contributed by atoms with Gasteiger partial charge < -0.3 is 10.5 Å². The molecule has 0 aliphatic carbocycles.